The first-order valence-corrected chi connectivity index (χ1v) is 16.9. The molecule has 1 fully saturated rings. The van der Waals surface area contributed by atoms with E-state index in [9.17, 15) is 8.42 Å². The highest BCUT2D eigenvalue weighted by Crippen LogP contribution is 2.66. The lowest BCUT2D eigenvalue weighted by Gasteiger charge is -2.41. The van der Waals surface area contributed by atoms with Crippen LogP contribution in [0.4, 0.5) is 0 Å². The maximum Gasteiger partial charge on any atom is 0.214 e. The van der Waals surface area contributed by atoms with Crippen molar-refractivity contribution in [3.63, 3.8) is 0 Å². The van der Waals surface area contributed by atoms with E-state index in [1.807, 2.05) is 24.3 Å². The number of nitrogens with zero attached hydrogens (tertiary/aromatic N) is 1. The SMILES string of the molecule is O=P(c1ccccc1)(c1ccccc1)N(C1CCCS1(=O)=O)P(=O)(c1ccccc1)c1ccccc1. The van der Waals surface area contributed by atoms with Crippen molar-refractivity contribution in [2.75, 3.05) is 5.75 Å². The van der Waals surface area contributed by atoms with Gasteiger partial charge in [0.05, 0.1) is 5.75 Å². The first-order valence-electron chi connectivity index (χ1n) is 11.8. The van der Waals surface area contributed by atoms with E-state index in [2.05, 4.69) is 0 Å². The molecule has 5 nitrogen and oxygen atoms in total. The van der Waals surface area contributed by atoms with Crippen LogP contribution in [0.2, 0.25) is 0 Å². The molecule has 1 atom stereocenters. The zero-order valence-corrected chi connectivity index (χ0v) is 22.2. The second-order valence-corrected chi connectivity index (χ2v) is 16.6. The second kappa shape index (κ2) is 9.95. The number of hydrogen-bond acceptors (Lipinski definition) is 4. The van der Waals surface area contributed by atoms with Crippen LogP contribution in [-0.2, 0) is 19.0 Å². The zero-order chi connectivity index (χ0) is 25.2. The molecule has 4 aromatic carbocycles. The Labute approximate surface area is 212 Å². The summed E-state index contributed by atoms with van der Waals surface area (Å²) >= 11 is 0. The average Bonchev–Trinajstić information content (AvgIpc) is 3.28. The highest BCUT2D eigenvalue weighted by molar-refractivity contribution is 7.95. The summed E-state index contributed by atoms with van der Waals surface area (Å²) in [6.07, 6.45) is 0.687. The molecule has 1 aliphatic rings. The highest BCUT2D eigenvalue weighted by atomic mass is 32.2. The van der Waals surface area contributed by atoms with Crippen LogP contribution in [0, 0.1) is 0 Å². The summed E-state index contributed by atoms with van der Waals surface area (Å²) < 4.78 is 59.8. The van der Waals surface area contributed by atoms with E-state index >= 15 is 9.13 Å². The Morgan fingerprint density at radius 3 is 1.11 bits per heavy atom. The lowest BCUT2D eigenvalue weighted by molar-refractivity contribution is 0.481. The molecule has 1 heterocycles. The van der Waals surface area contributed by atoms with Crippen molar-refractivity contribution in [2.45, 2.75) is 18.2 Å². The van der Waals surface area contributed by atoms with Gasteiger partial charge in [0.1, 0.15) is 5.37 Å². The van der Waals surface area contributed by atoms with Crippen molar-refractivity contribution in [1.29, 1.82) is 0 Å². The second-order valence-electron chi connectivity index (χ2n) is 8.78. The standard InChI is InChI=1S/C28H27NO4P2S/c30-34(24-14-5-1-6-15-24,25-16-7-2-8-17-25)29(28-22-13-23-36(28,32)33)35(31,26-18-9-3-10-19-26)27-20-11-4-12-21-27/h1-12,14-21,28H,13,22-23H2. The van der Waals surface area contributed by atoms with Crippen molar-refractivity contribution in [3.8, 4) is 0 Å². The van der Waals surface area contributed by atoms with E-state index in [1.165, 1.54) is 4.44 Å². The summed E-state index contributed by atoms with van der Waals surface area (Å²) in [5.74, 6) is -0.0265. The molecular weight excluding hydrogens is 508 g/mol. The van der Waals surface area contributed by atoms with Crippen LogP contribution in [0.25, 0.3) is 0 Å². The Morgan fingerprint density at radius 1 is 0.556 bits per heavy atom. The zero-order valence-electron chi connectivity index (χ0n) is 19.6. The molecule has 0 amide bonds. The molecule has 1 aliphatic heterocycles. The summed E-state index contributed by atoms with van der Waals surface area (Å²) in [6.45, 7) is 0. The van der Waals surface area contributed by atoms with Gasteiger partial charge >= 0.3 is 0 Å². The van der Waals surface area contributed by atoms with Crippen LogP contribution in [0.5, 0.6) is 0 Å². The van der Waals surface area contributed by atoms with E-state index in [0.717, 1.165) is 0 Å². The van der Waals surface area contributed by atoms with Crippen LogP contribution in [0.1, 0.15) is 12.8 Å². The van der Waals surface area contributed by atoms with Crippen LogP contribution >= 0.6 is 14.6 Å². The molecule has 0 saturated carbocycles. The third kappa shape index (κ3) is 4.23. The molecule has 5 rings (SSSR count). The molecule has 184 valence electrons. The van der Waals surface area contributed by atoms with Crippen LogP contribution in [0.15, 0.2) is 121 Å². The van der Waals surface area contributed by atoms with Crippen molar-refractivity contribution in [1.82, 2.24) is 4.44 Å². The summed E-state index contributed by atoms with van der Waals surface area (Å²) in [5, 5.41) is 0.640. The van der Waals surface area contributed by atoms with Crippen LogP contribution < -0.4 is 21.2 Å². The maximum absolute atomic E-state index is 15.7. The van der Waals surface area contributed by atoms with Gasteiger partial charge in [0.15, 0.2) is 9.84 Å². The third-order valence-electron chi connectivity index (χ3n) is 6.55. The molecule has 0 bridgehead atoms. The Hall–Kier alpha value is -2.75. The Balaban J connectivity index is 1.92. The molecule has 0 aromatic heterocycles. The Kier molecular flexibility index (Phi) is 6.89. The van der Waals surface area contributed by atoms with E-state index < -0.39 is 29.8 Å². The van der Waals surface area contributed by atoms with Gasteiger partial charge in [0.25, 0.3) is 0 Å². The highest BCUT2D eigenvalue weighted by Gasteiger charge is 2.55. The predicted octanol–water partition coefficient (Wildman–Crippen LogP) is 4.68. The number of hydrogen-bond donors (Lipinski definition) is 0. The molecular formula is C28H27NO4P2S. The molecule has 36 heavy (non-hydrogen) atoms. The van der Waals surface area contributed by atoms with Gasteiger partial charge in [0, 0.05) is 21.2 Å². The fourth-order valence-corrected chi connectivity index (χ4v) is 15.6. The van der Waals surface area contributed by atoms with Gasteiger partial charge in [0.2, 0.25) is 14.6 Å². The minimum atomic E-state index is -3.92. The first-order chi connectivity index (χ1) is 17.4. The average molecular weight is 536 g/mol. The van der Waals surface area contributed by atoms with Gasteiger partial charge < -0.3 is 0 Å². The maximum atomic E-state index is 15.7. The summed E-state index contributed by atoms with van der Waals surface area (Å²) in [6, 6.07) is 35.4. The minimum Gasteiger partial charge on any atom is -0.296 e. The fraction of sp³-hybridized carbons (Fsp3) is 0.143. The minimum absolute atomic E-state index is 0.0265. The van der Waals surface area contributed by atoms with Gasteiger partial charge in [-0.15, -0.1) is 0 Å². The van der Waals surface area contributed by atoms with E-state index in [-0.39, 0.29) is 12.2 Å². The summed E-state index contributed by atoms with van der Waals surface area (Å²) in [5.41, 5.74) is 0. The number of benzene rings is 4. The molecule has 0 N–H and O–H groups in total. The lowest BCUT2D eigenvalue weighted by atomic mass is 10.3. The number of sulfone groups is 1. The molecule has 1 unspecified atom stereocenters. The van der Waals surface area contributed by atoms with Crippen molar-refractivity contribution >= 4 is 45.6 Å². The van der Waals surface area contributed by atoms with Crippen LogP contribution in [0.3, 0.4) is 0 Å². The normalized spacial score (nSPS) is 17.8. The van der Waals surface area contributed by atoms with Crippen LogP contribution in [-0.4, -0.2) is 24.0 Å². The molecule has 0 radical (unpaired) electrons. The molecule has 8 heteroatoms. The van der Waals surface area contributed by atoms with Crippen molar-refractivity contribution in [3.05, 3.63) is 121 Å². The van der Waals surface area contributed by atoms with Gasteiger partial charge in [-0.05, 0) is 61.4 Å². The first kappa shape index (κ1) is 24.9. The fourth-order valence-electron chi connectivity index (χ4n) is 4.87. The van der Waals surface area contributed by atoms with Gasteiger partial charge in [-0.2, -0.15) is 4.44 Å². The molecule has 1 saturated heterocycles. The smallest absolute Gasteiger partial charge is 0.214 e. The predicted molar refractivity (Wildman–Crippen MR) is 148 cm³/mol. The lowest BCUT2D eigenvalue weighted by Crippen LogP contribution is -2.44. The van der Waals surface area contributed by atoms with E-state index in [1.54, 1.807) is 97.1 Å². The van der Waals surface area contributed by atoms with Gasteiger partial charge in [-0.1, -0.05) is 72.8 Å². The summed E-state index contributed by atoms with van der Waals surface area (Å²) in [4.78, 5) is 0. The topological polar surface area (TPSA) is 71.5 Å². The monoisotopic (exact) mass is 535 g/mol. The van der Waals surface area contributed by atoms with Crippen molar-refractivity contribution in [2.24, 2.45) is 0 Å². The van der Waals surface area contributed by atoms with Crippen molar-refractivity contribution < 1.29 is 17.5 Å². The van der Waals surface area contributed by atoms with E-state index in [4.69, 9.17) is 0 Å². The largest absolute Gasteiger partial charge is 0.296 e. The molecule has 0 aliphatic carbocycles. The Bertz CT molecular complexity index is 1350. The Morgan fingerprint density at radius 2 is 0.861 bits per heavy atom. The summed E-state index contributed by atoms with van der Waals surface area (Å²) in [7, 11) is -11.6. The van der Waals surface area contributed by atoms with E-state index in [0.29, 0.717) is 27.6 Å². The quantitative estimate of drug-likeness (QED) is 0.322. The molecule has 4 aromatic rings. The number of rotatable bonds is 7. The molecule has 0 spiro atoms. The van der Waals surface area contributed by atoms with Gasteiger partial charge in [-0.25, -0.2) is 8.42 Å². The third-order valence-corrected chi connectivity index (χ3v) is 16.2. The van der Waals surface area contributed by atoms with Gasteiger partial charge in [-0.3, -0.25) is 9.13 Å².